The van der Waals surface area contributed by atoms with Crippen molar-refractivity contribution in [1.29, 1.82) is 0 Å². The molecule has 0 N–H and O–H groups in total. The molecule has 1 aliphatic carbocycles. The summed E-state index contributed by atoms with van der Waals surface area (Å²) in [7, 11) is 0. The van der Waals surface area contributed by atoms with Gasteiger partial charge in [-0.25, -0.2) is 9.37 Å². The molecular formula is C20H22FN3O2. The summed E-state index contributed by atoms with van der Waals surface area (Å²) < 4.78 is 19.1. The third-order valence-electron chi connectivity index (χ3n) is 4.92. The van der Waals surface area contributed by atoms with Crippen molar-refractivity contribution >= 4 is 5.91 Å². The number of pyridine rings is 1. The molecule has 4 rings (SSSR count). The van der Waals surface area contributed by atoms with Crippen LogP contribution >= 0.6 is 0 Å². The summed E-state index contributed by atoms with van der Waals surface area (Å²) in [5.41, 5.74) is 0.533. The number of aromatic nitrogens is 1. The van der Waals surface area contributed by atoms with Crippen molar-refractivity contribution in [2.45, 2.75) is 25.3 Å². The monoisotopic (exact) mass is 355 g/mol. The molecule has 1 amide bonds. The minimum absolute atomic E-state index is 0.00686. The Hall–Kier alpha value is -2.47. The molecule has 1 saturated heterocycles. The average molecular weight is 355 g/mol. The van der Waals surface area contributed by atoms with E-state index in [1.165, 1.54) is 25.1 Å². The van der Waals surface area contributed by atoms with Crippen molar-refractivity contribution in [1.82, 2.24) is 14.8 Å². The van der Waals surface area contributed by atoms with E-state index in [0.29, 0.717) is 5.56 Å². The third-order valence-corrected chi connectivity index (χ3v) is 4.92. The van der Waals surface area contributed by atoms with E-state index < -0.39 is 5.82 Å². The van der Waals surface area contributed by atoms with Gasteiger partial charge in [0.05, 0.1) is 5.56 Å². The standard InChI is InChI=1S/C20H22FN3O2/c21-17-4-1-2-5-18(17)26-19-9-6-15(14-22-19)20(25)24-11-3-10-23(12-13-24)16-7-8-16/h1-2,4-6,9,14,16H,3,7-8,10-13H2. The van der Waals surface area contributed by atoms with Gasteiger partial charge < -0.3 is 9.64 Å². The van der Waals surface area contributed by atoms with Crippen molar-refractivity contribution in [3.05, 3.63) is 54.0 Å². The van der Waals surface area contributed by atoms with Crippen molar-refractivity contribution < 1.29 is 13.9 Å². The van der Waals surface area contributed by atoms with Crippen LogP contribution in [0.2, 0.25) is 0 Å². The number of para-hydroxylation sites is 1. The van der Waals surface area contributed by atoms with Crippen LogP contribution in [0.15, 0.2) is 42.6 Å². The van der Waals surface area contributed by atoms with Crippen molar-refractivity contribution in [2.75, 3.05) is 26.2 Å². The Balaban J connectivity index is 1.39. The van der Waals surface area contributed by atoms with E-state index in [9.17, 15) is 9.18 Å². The molecule has 0 atom stereocenters. The number of ether oxygens (including phenoxy) is 1. The van der Waals surface area contributed by atoms with Gasteiger partial charge in [-0.15, -0.1) is 0 Å². The van der Waals surface area contributed by atoms with Gasteiger partial charge in [-0.05, 0) is 37.5 Å². The largest absolute Gasteiger partial charge is 0.436 e. The molecule has 1 aromatic carbocycles. The van der Waals surface area contributed by atoms with E-state index in [-0.39, 0.29) is 17.5 Å². The van der Waals surface area contributed by atoms with E-state index in [1.807, 2.05) is 4.90 Å². The third kappa shape index (κ3) is 3.85. The number of halogens is 1. The average Bonchev–Trinajstić information content (AvgIpc) is 3.50. The highest BCUT2D eigenvalue weighted by Gasteiger charge is 2.31. The van der Waals surface area contributed by atoms with Gasteiger partial charge in [0, 0.05) is 44.5 Å². The SMILES string of the molecule is O=C(c1ccc(Oc2ccccc2F)nc1)N1CCCN(C2CC2)CC1. The van der Waals surface area contributed by atoms with Crippen LogP contribution in [0.4, 0.5) is 4.39 Å². The number of hydrogen-bond acceptors (Lipinski definition) is 4. The lowest BCUT2D eigenvalue weighted by Gasteiger charge is -2.21. The molecule has 2 aromatic rings. The highest BCUT2D eigenvalue weighted by Crippen LogP contribution is 2.28. The lowest BCUT2D eigenvalue weighted by Crippen LogP contribution is -2.35. The first-order valence-corrected chi connectivity index (χ1v) is 9.12. The van der Waals surface area contributed by atoms with Crippen LogP contribution in [0.1, 0.15) is 29.6 Å². The fourth-order valence-corrected chi connectivity index (χ4v) is 3.34. The summed E-state index contributed by atoms with van der Waals surface area (Å²) in [6.45, 7) is 3.54. The van der Waals surface area contributed by atoms with E-state index in [0.717, 1.165) is 38.6 Å². The molecule has 2 heterocycles. The summed E-state index contributed by atoms with van der Waals surface area (Å²) >= 11 is 0. The number of hydrogen-bond donors (Lipinski definition) is 0. The maximum atomic E-state index is 13.6. The summed E-state index contributed by atoms with van der Waals surface area (Å²) in [6.07, 6.45) is 5.09. The number of amides is 1. The van der Waals surface area contributed by atoms with Gasteiger partial charge in [-0.3, -0.25) is 9.69 Å². The molecule has 2 aliphatic rings. The topological polar surface area (TPSA) is 45.7 Å². The second-order valence-electron chi connectivity index (χ2n) is 6.83. The smallest absolute Gasteiger partial charge is 0.255 e. The maximum absolute atomic E-state index is 13.6. The Kier molecular flexibility index (Phi) is 4.84. The predicted octanol–water partition coefficient (Wildman–Crippen LogP) is 3.32. The second kappa shape index (κ2) is 7.41. The zero-order valence-electron chi connectivity index (χ0n) is 14.6. The van der Waals surface area contributed by atoms with Crippen molar-refractivity contribution in [3.8, 4) is 11.6 Å². The Morgan fingerprint density at radius 1 is 1.08 bits per heavy atom. The molecule has 0 radical (unpaired) electrons. The number of nitrogens with zero attached hydrogens (tertiary/aromatic N) is 3. The lowest BCUT2D eigenvalue weighted by atomic mass is 10.2. The number of rotatable bonds is 4. The highest BCUT2D eigenvalue weighted by atomic mass is 19.1. The molecule has 6 heteroatoms. The summed E-state index contributed by atoms with van der Waals surface area (Å²) in [5.74, 6) is -0.0685. The van der Waals surface area contributed by atoms with Gasteiger partial charge in [0.15, 0.2) is 11.6 Å². The fourth-order valence-electron chi connectivity index (χ4n) is 3.34. The van der Waals surface area contributed by atoms with E-state index >= 15 is 0 Å². The Morgan fingerprint density at radius 2 is 1.92 bits per heavy atom. The summed E-state index contributed by atoms with van der Waals surface area (Å²) in [6, 6.07) is 10.2. The highest BCUT2D eigenvalue weighted by molar-refractivity contribution is 5.94. The number of benzene rings is 1. The van der Waals surface area contributed by atoms with Gasteiger partial charge in [0.1, 0.15) is 0 Å². The molecular weight excluding hydrogens is 333 g/mol. The first-order chi connectivity index (χ1) is 12.7. The van der Waals surface area contributed by atoms with Gasteiger partial charge in [-0.2, -0.15) is 0 Å². The molecule has 0 bridgehead atoms. The van der Waals surface area contributed by atoms with Crippen LogP contribution in [-0.2, 0) is 0 Å². The molecule has 136 valence electrons. The maximum Gasteiger partial charge on any atom is 0.255 e. The zero-order chi connectivity index (χ0) is 17.9. The number of carbonyl (C=O) groups excluding carboxylic acids is 1. The molecule has 26 heavy (non-hydrogen) atoms. The summed E-state index contributed by atoms with van der Waals surface area (Å²) in [4.78, 5) is 21.3. The van der Waals surface area contributed by atoms with E-state index in [4.69, 9.17) is 4.74 Å². The number of carbonyl (C=O) groups is 1. The lowest BCUT2D eigenvalue weighted by molar-refractivity contribution is 0.0760. The molecule has 1 saturated carbocycles. The predicted molar refractivity (Wildman–Crippen MR) is 95.8 cm³/mol. The zero-order valence-corrected chi connectivity index (χ0v) is 14.6. The fraction of sp³-hybridized carbons (Fsp3) is 0.400. The minimum atomic E-state index is -0.445. The molecule has 1 aliphatic heterocycles. The van der Waals surface area contributed by atoms with Crippen LogP contribution in [0, 0.1) is 5.82 Å². The second-order valence-corrected chi connectivity index (χ2v) is 6.83. The molecule has 0 unspecified atom stereocenters. The van der Waals surface area contributed by atoms with Crippen molar-refractivity contribution in [2.24, 2.45) is 0 Å². The molecule has 0 spiro atoms. The van der Waals surface area contributed by atoms with Crippen LogP contribution in [0.3, 0.4) is 0 Å². The van der Waals surface area contributed by atoms with E-state index in [1.54, 1.807) is 30.3 Å². The minimum Gasteiger partial charge on any atom is -0.436 e. The van der Waals surface area contributed by atoms with Gasteiger partial charge in [-0.1, -0.05) is 12.1 Å². The normalized spacial score (nSPS) is 18.4. The van der Waals surface area contributed by atoms with Gasteiger partial charge >= 0.3 is 0 Å². The van der Waals surface area contributed by atoms with Gasteiger partial charge in [0.25, 0.3) is 5.91 Å². The van der Waals surface area contributed by atoms with Crippen LogP contribution in [0.5, 0.6) is 11.6 Å². The van der Waals surface area contributed by atoms with Crippen molar-refractivity contribution in [3.63, 3.8) is 0 Å². The first-order valence-electron chi connectivity index (χ1n) is 9.12. The van der Waals surface area contributed by atoms with Gasteiger partial charge in [0.2, 0.25) is 5.88 Å². The Morgan fingerprint density at radius 3 is 2.65 bits per heavy atom. The summed E-state index contributed by atoms with van der Waals surface area (Å²) in [5, 5.41) is 0. The quantitative estimate of drug-likeness (QED) is 0.844. The Labute approximate surface area is 152 Å². The Bertz CT molecular complexity index is 777. The van der Waals surface area contributed by atoms with Crippen LogP contribution in [-0.4, -0.2) is 52.9 Å². The van der Waals surface area contributed by atoms with E-state index in [2.05, 4.69) is 9.88 Å². The van der Waals surface area contributed by atoms with Crippen LogP contribution < -0.4 is 4.74 Å². The van der Waals surface area contributed by atoms with Crippen LogP contribution in [0.25, 0.3) is 0 Å². The molecule has 1 aromatic heterocycles. The molecule has 2 fully saturated rings. The first kappa shape index (κ1) is 17.0. The molecule has 5 nitrogen and oxygen atoms in total.